The Bertz CT molecular complexity index is 512. The molecule has 0 aliphatic heterocycles. The van der Waals surface area contributed by atoms with Crippen molar-refractivity contribution in [3.8, 4) is 0 Å². The van der Waals surface area contributed by atoms with Crippen molar-refractivity contribution in [3.63, 3.8) is 0 Å². The van der Waals surface area contributed by atoms with Gasteiger partial charge in [0.1, 0.15) is 17.5 Å². The molecule has 0 fully saturated rings. The Balaban J connectivity index is 2.18. The molecule has 0 spiro atoms. The Morgan fingerprint density at radius 3 is 2.78 bits per heavy atom. The summed E-state index contributed by atoms with van der Waals surface area (Å²) in [6.45, 7) is 8.98. The Morgan fingerprint density at radius 2 is 2.11 bits per heavy atom. The van der Waals surface area contributed by atoms with Crippen LogP contribution in [0, 0.1) is 13.8 Å². The van der Waals surface area contributed by atoms with E-state index in [4.69, 9.17) is 0 Å². The maximum atomic E-state index is 4.39. The van der Waals surface area contributed by atoms with Gasteiger partial charge in [0.05, 0.1) is 6.04 Å². The zero-order valence-corrected chi connectivity index (χ0v) is 11.3. The minimum absolute atomic E-state index is 0.119. The van der Waals surface area contributed by atoms with Gasteiger partial charge in [0.25, 0.3) is 0 Å². The van der Waals surface area contributed by atoms with Crippen LogP contribution < -0.4 is 5.32 Å². The molecule has 0 bridgehead atoms. The highest BCUT2D eigenvalue weighted by Gasteiger charge is 2.12. The van der Waals surface area contributed by atoms with Crippen molar-refractivity contribution in [2.24, 2.45) is 0 Å². The van der Waals surface area contributed by atoms with E-state index in [0.29, 0.717) is 0 Å². The maximum Gasteiger partial charge on any atom is 0.130 e. The molecule has 0 saturated heterocycles. The number of nitrogens with one attached hydrogen (secondary N) is 1. The standard InChI is InChI=1S/C13H19N5/c1-5-18-7-6-14-13(18)10(3)16-12-8-9(2)15-11(4)17-12/h6-8,10H,5H2,1-4H3,(H,15,16,17). The molecular weight excluding hydrogens is 226 g/mol. The lowest BCUT2D eigenvalue weighted by atomic mass is 10.3. The van der Waals surface area contributed by atoms with Crippen molar-refractivity contribution >= 4 is 5.82 Å². The smallest absolute Gasteiger partial charge is 0.130 e. The predicted octanol–water partition coefficient (Wildman–Crippen LogP) is 2.48. The van der Waals surface area contributed by atoms with Gasteiger partial charge >= 0.3 is 0 Å². The third kappa shape index (κ3) is 2.67. The number of hydrogen-bond acceptors (Lipinski definition) is 4. The van der Waals surface area contributed by atoms with Crippen LogP contribution in [0.2, 0.25) is 0 Å². The van der Waals surface area contributed by atoms with E-state index >= 15 is 0 Å². The zero-order valence-electron chi connectivity index (χ0n) is 11.3. The molecular formula is C13H19N5. The molecule has 0 saturated carbocycles. The zero-order chi connectivity index (χ0) is 13.1. The van der Waals surface area contributed by atoms with Crippen molar-refractivity contribution in [3.05, 3.63) is 35.8 Å². The monoisotopic (exact) mass is 245 g/mol. The second-order valence-electron chi connectivity index (χ2n) is 4.38. The van der Waals surface area contributed by atoms with Crippen molar-refractivity contribution in [1.82, 2.24) is 19.5 Å². The van der Waals surface area contributed by atoms with E-state index in [1.54, 1.807) is 0 Å². The number of aromatic nitrogens is 4. The third-order valence-corrected chi connectivity index (χ3v) is 2.81. The lowest BCUT2D eigenvalue weighted by molar-refractivity contribution is 0.657. The van der Waals surface area contributed by atoms with Crippen LogP contribution in [-0.4, -0.2) is 19.5 Å². The first kappa shape index (κ1) is 12.5. The van der Waals surface area contributed by atoms with Crippen LogP contribution in [-0.2, 0) is 6.54 Å². The second kappa shape index (κ2) is 5.16. The summed E-state index contributed by atoms with van der Waals surface area (Å²) in [5.74, 6) is 2.65. The predicted molar refractivity (Wildman–Crippen MR) is 71.4 cm³/mol. The quantitative estimate of drug-likeness (QED) is 0.899. The van der Waals surface area contributed by atoms with Crippen LogP contribution in [0.25, 0.3) is 0 Å². The highest BCUT2D eigenvalue weighted by atomic mass is 15.1. The van der Waals surface area contributed by atoms with E-state index in [2.05, 4.69) is 38.7 Å². The molecule has 2 aromatic rings. The Labute approximate surface area is 107 Å². The fourth-order valence-electron chi connectivity index (χ4n) is 2.05. The van der Waals surface area contributed by atoms with Gasteiger partial charge in [-0.2, -0.15) is 0 Å². The fourth-order valence-corrected chi connectivity index (χ4v) is 2.05. The lowest BCUT2D eigenvalue weighted by Crippen LogP contribution is -2.14. The molecule has 2 heterocycles. The SMILES string of the molecule is CCn1ccnc1C(C)Nc1cc(C)nc(C)n1. The number of nitrogens with zero attached hydrogens (tertiary/aromatic N) is 4. The first-order valence-corrected chi connectivity index (χ1v) is 6.20. The maximum absolute atomic E-state index is 4.39. The van der Waals surface area contributed by atoms with Gasteiger partial charge in [0.15, 0.2) is 0 Å². The Morgan fingerprint density at radius 1 is 1.33 bits per heavy atom. The minimum Gasteiger partial charge on any atom is -0.360 e. The molecule has 0 amide bonds. The van der Waals surface area contributed by atoms with Gasteiger partial charge in [-0.3, -0.25) is 0 Å². The average Bonchev–Trinajstić information content (AvgIpc) is 2.75. The molecule has 96 valence electrons. The summed E-state index contributed by atoms with van der Waals surface area (Å²) < 4.78 is 2.12. The van der Waals surface area contributed by atoms with Crippen molar-refractivity contribution in [2.75, 3.05) is 5.32 Å². The molecule has 1 N–H and O–H groups in total. The van der Waals surface area contributed by atoms with Crippen LogP contribution in [0.4, 0.5) is 5.82 Å². The van der Waals surface area contributed by atoms with E-state index in [1.165, 1.54) is 0 Å². The molecule has 0 radical (unpaired) electrons. The van der Waals surface area contributed by atoms with Crippen LogP contribution in [0.15, 0.2) is 18.5 Å². The Kier molecular flexibility index (Phi) is 3.60. The van der Waals surface area contributed by atoms with E-state index in [1.807, 2.05) is 32.3 Å². The van der Waals surface area contributed by atoms with Gasteiger partial charge < -0.3 is 9.88 Å². The summed E-state index contributed by atoms with van der Waals surface area (Å²) >= 11 is 0. The highest BCUT2D eigenvalue weighted by Crippen LogP contribution is 2.16. The van der Waals surface area contributed by atoms with E-state index in [-0.39, 0.29) is 6.04 Å². The normalized spacial score (nSPS) is 12.4. The van der Waals surface area contributed by atoms with Gasteiger partial charge in [-0.25, -0.2) is 15.0 Å². The average molecular weight is 245 g/mol. The number of aryl methyl sites for hydroxylation is 3. The Hall–Kier alpha value is -1.91. The molecule has 1 unspecified atom stereocenters. The van der Waals surface area contributed by atoms with Crippen molar-refractivity contribution in [2.45, 2.75) is 40.3 Å². The van der Waals surface area contributed by atoms with Gasteiger partial charge in [0, 0.05) is 30.7 Å². The molecule has 5 heteroatoms. The van der Waals surface area contributed by atoms with Gasteiger partial charge in [-0.1, -0.05) is 0 Å². The largest absolute Gasteiger partial charge is 0.360 e. The first-order valence-electron chi connectivity index (χ1n) is 6.20. The van der Waals surface area contributed by atoms with Crippen LogP contribution in [0.1, 0.15) is 37.2 Å². The van der Waals surface area contributed by atoms with Gasteiger partial charge in [-0.05, 0) is 27.7 Å². The van der Waals surface area contributed by atoms with Gasteiger partial charge in [-0.15, -0.1) is 0 Å². The highest BCUT2D eigenvalue weighted by molar-refractivity contribution is 5.37. The van der Waals surface area contributed by atoms with Crippen LogP contribution in [0.5, 0.6) is 0 Å². The van der Waals surface area contributed by atoms with E-state index < -0.39 is 0 Å². The van der Waals surface area contributed by atoms with Crippen LogP contribution >= 0.6 is 0 Å². The molecule has 0 aliphatic rings. The van der Waals surface area contributed by atoms with Crippen molar-refractivity contribution < 1.29 is 0 Å². The van der Waals surface area contributed by atoms with E-state index in [0.717, 1.165) is 29.7 Å². The summed E-state index contributed by atoms with van der Waals surface area (Å²) in [7, 11) is 0. The topological polar surface area (TPSA) is 55.6 Å². The van der Waals surface area contributed by atoms with Crippen LogP contribution in [0.3, 0.4) is 0 Å². The third-order valence-electron chi connectivity index (χ3n) is 2.81. The van der Waals surface area contributed by atoms with E-state index in [9.17, 15) is 0 Å². The number of hydrogen-bond donors (Lipinski definition) is 1. The molecule has 0 aromatic carbocycles. The summed E-state index contributed by atoms with van der Waals surface area (Å²) in [4.78, 5) is 13.0. The first-order chi connectivity index (χ1) is 8.60. The molecule has 18 heavy (non-hydrogen) atoms. The fraction of sp³-hybridized carbons (Fsp3) is 0.462. The molecule has 1 atom stereocenters. The summed E-state index contributed by atoms with van der Waals surface area (Å²) in [5, 5.41) is 3.37. The number of rotatable bonds is 4. The van der Waals surface area contributed by atoms with Gasteiger partial charge in [0.2, 0.25) is 0 Å². The summed E-state index contributed by atoms with van der Waals surface area (Å²) in [5.41, 5.74) is 0.969. The minimum atomic E-state index is 0.119. The molecule has 2 aromatic heterocycles. The number of imidazole rings is 1. The number of anilines is 1. The summed E-state index contributed by atoms with van der Waals surface area (Å²) in [6, 6.07) is 2.07. The molecule has 0 aliphatic carbocycles. The molecule has 5 nitrogen and oxygen atoms in total. The lowest BCUT2D eigenvalue weighted by Gasteiger charge is -2.16. The van der Waals surface area contributed by atoms with Crippen molar-refractivity contribution in [1.29, 1.82) is 0 Å². The second-order valence-corrected chi connectivity index (χ2v) is 4.38. The molecule has 2 rings (SSSR count). The summed E-state index contributed by atoms with van der Waals surface area (Å²) in [6.07, 6.45) is 3.82.